The quantitative estimate of drug-likeness (QED) is 0.899. The zero-order chi connectivity index (χ0) is 16.4. The van der Waals surface area contributed by atoms with Crippen LogP contribution in [0.1, 0.15) is 19.3 Å². The number of piperidine rings is 1. The van der Waals surface area contributed by atoms with E-state index in [0.29, 0.717) is 25.2 Å². The molecule has 0 spiro atoms. The largest absolute Gasteiger partial charge is 0.333 e. The van der Waals surface area contributed by atoms with Crippen LogP contribution in [0.4, 0.5) is 10.1 Å². The second-order valence-electron chi connectivity index (χ2n) is 6.24. The zero-order valence-corrected chi connectivity index (χ0v) is 14.5. The number of carbonyl (C=O) groups excluding carboxylic acids is 2. The van der Waals surface area contributed by atoms with Crippen molar-refractivity contribution in [1.82, 2.24) is 10.2 Å². The Kier molecular flexibility index (Phi) is 6.18. The van der Waals surface area contributed by atoms with Crippen molar-refractivity contribution in [3.05, 3.63) is 30.1 Å². The van der Waals surface area contributed by atoms with Crippen LogP contribution in [-0.4, -0.2) is 49.4 Å². The summed E-state index contributed by atoms with van der Waals surface area (Å²) in [5, 5.41) is 3.22. The molecule has 2 heterocycles. The van der Waals surface area contributed by atoms with Gasteiger partial charge in [0.15, 0.2) is 0 Å². The summed E-state index contributed by atoms with van der Waals surface area (Å²) in [6, 6.07) is 5.76. The molecule has 0 saturated carbocycles. The number of hydrogen-bond donors (Lipinski definition) is 1. The lowest BCUT2D eigenvalue weighted by atomic mass is 9.97. The van der Waals surface area contributed by atoms with E-state index in [2.05, 4.69) is 5.32 Å². The molecular weight excluding hydrogens is 333 g/mol. The fourth-order valence-electron chi connectivity index (χ4n) is 3.44. The minimum Gasteiger partial charge on any atom is -0.333 e. The highest BCUT2D eigenvalue weighted by Gasteiger charge is 2.39. The number of halogens is 2. The average molecular weight is 356 g/mol. The zero-order valence-electron chi connectivity index (χ0n) is 13.7. The topological polar surface area (TPSA) is 52.7 Å². The molecule has 1 aromatic rings. The Balaban J connectivity index is 0.00000208. The van der Waals surface area contributed by atoms with Crippen molar-refractivity contribution in [2.75, 3.05) is 31.6 Å². The summed E-state index contributed by atoms with van der Waals surface area (Å²) in [5.74, 6) is -0.670. The highest BCUT2D eigenvalue weighted by Crippen LogP contribution is 2.27. The van der Waals surface area contributed by atoms with Crippen LogP contribution in [0.25, 0.3) is 0 Å². The number of nitrogens with one attached hydrogen (secondary N) is 1. The molecule has 2 fully saturated rings. The number of benzene rings is 1. The summed E-state index contributed by atoms with van der Waals surface area (Å²) < 4.78 is 13.9. The molecule has 2 aliphatic rings. The van der Waals surface area contributed by atoms with Gasteiger partial charge in [-0.15, -0.1) is 12.4 Å². The van der Waals surface area contributed by atoms with Crippen LogP contribution in [0, 0.1) is 11.7 Å². The average Bonchev–Trinajstić information content (AvgIpc) is 2.96. The Morgan fingerprint density at radius 2 is 2.08 bits per heavy atom. The van der Waals surface area contributed by atoms with Gasteiger partial charge in [-0.05, 0) is 37.9 Å². The number of para-hydroxylation sites is 1. The first-order chi connectivity index (χ1) is 11.1. The SMILES string of the molecule is CN(C(=O)C1CCCNC1)C1CCN(c2ccccc2F)C1=O.Cl. The van der Waals surface area contributed by atoms with Crippen LogP contribution in [0.5, 0.6) is 0 Å². The lowest BCUT2D eigenvalue weighted by Crippen LogP contribution is -2.48. The molecule has 2 unspecified atom stereocenters. The van der Waals surface area contributed by atoms with E-state index in [1.807, 2.05) is 0 Å². The van der Waals surface area contributed by atoms with Crippen molar-refractivity contribution >= 4 is 29.9 Å². The van der Waals surface area contributed by atoms with E-state index in [0.717, 1.165) is 19.4 Å². The van der Waals surface area contributed by atoms with Crippen molar-refractivity contribution in [1.29, 1.82) is 0 Å². The Morgan fingerprint density at radius 3 is 2.75 bits per heavy atom. The summed E-state index contributed by atoms with van der Waals surface area (Å²) in [6.45, 7) is 2.04. The number of rotatable bonds is 3. The monoisotopic (exact) mass is 355 g/mol. The number of carbonyl (C=O) groups is 2. The van der Waals surface area contributed by atoms with Gasteiger partial charge in [0.25, 0.3) is 0 Å². The van der Waals surface area contributed by atoms with E-state index < -0.39 is 11.9 Å². The summed E-state index contributed by atoms with van der Waals surface area (Å²) in [7, 11) is 1.68. The third-order valence-electron chi connectivity index (χ3n) is 4.78. The standard InChI is InChI=1S/C17H22FN3O2.ClH/c1-20(16(22)12-5-4-9-19-11-12)15-8-10-21(17(15)23)14-7-3-2-6-13(14)18;/h2-3,6-7,12,15,19H,4-5,8-11H2,1H3;1H. The van der Waals surface area contributed by atoms with Crippen molar-refractivity contribution in [2.24, 2.45) is 5.92 Å². The number of likely N-dealkylation sites (N-methyl/N-ethyl adjacent to an activating group) is 1. The molecule has 2 amide bonds. The van der Waals surface area contributed by atoms with Gasteiger partial charge in [0, 0.05) is 20.1 Å². The molecule has 0 radical (unpaired) electrons. The molecule has 3 rings (SSSR count). The van der Waals surface area contributed by atoms with Gasteiger partial charge in [0.05, 0.1) is 11.6 Å². The predicted octanol–water partition coefficient (Wildman–Crippen LogP) is 1.81. The van der Waals surface area contributed by atoms with Gasteiger partial charge in [0.2, 0.25) is 11.8 Å². The summed E-state index contributed by atoms with van der Waals surface area (Å²) in [6.07, 6.45) is 2.37. The normalized spacial score (nSPS) is 23.8. The molecule has 0 aromatic heterocycles. The smallest absolute Gasteiger partial charge is 0.249 e. The summed E-state index contributed by atoms with van der Waals surface area (Å²) >= 11 is 0. The van der Waals surface area contributed by atoms with Crippen LogP contribution in [0.3, 0.4) is 0 Å². The van der Waals surface area contributed by atoms with E-state index in [9.17, 15) is 14.0 Å². The number of amides is 2. The predicted molar refractivity (Wildman–Crippen MR) is 92.8 cm³/mol. The second kappa shape index (κ2) is 7.94. The lowest BCUT2D eigenvalue weighted by Gasteiger charge is -2.30. The molecule has 0 bridgehead atoms. The fraction of sp³-hybridized carbons (Fsp3) is 0.529. The van der Waals surface area contributed by atoms with E-state index in [1.54, 1.807) is 30.1 Å². The molecule has 132 valence electrons. The molecule has 5 nitrogen and oxygen atoms in total. The third kappa shape index (κ3) is 3.54. The van der Waals surface area contributed by atoms with Crippen molar-refractivity contribution < 1.29 is 14.0 Å². The number of anilines is 1. The lowest BCUT2D eigenvalue weighted by molar-refractivity contribution is -0.140. The number of nitrogens with zero attached hydrogens (tertiary/aromatic N) is 2. The van der Waals surface area contributed by atoms with E-state index in [1.165, 1.54) is 11.0 Å². The van der Waals surface area contributed by atoms with Gasteiger partial charge in [-0.3, -0.25) is 9.59 Å². The first-order valence-corrected chi connectivity index (χ1v) is 8.13. The first kappa shape index (κ1) is 18.7. The second-order valence-corrected chi connectivity index (χ2v) is 6.24. The van der Waals surface area contributed by atoms with Gasteiger partial charge >= 0.3 is 0 Å². The maximum absolute atomic E-state index is 13.9. The Hall–Kier alpha value is -1.66. The van der Waals surface area contributed by atoms with Crippen LogP contribution >= 0.6 is 12.4 Å². The molecule has 24 heavy (non-hydrogen) atoms. The van der Waals surface area contributed by atoms with Crippen LogP contribution in [0.2, 0.25) is 0 Å². The summed E-state index contributed by atoms with van der Waals surface area (Å²) in [5.41, 5.74) is 0.292. The van der Waals surface area contributed by atoms with Crippen molar-refractivity contribution in [2.45, 2.75) is 25.3 Å². The minimum absolute atomic E-state index is 0. The van der Waals surface area contributed by atoms with Gasteiger partial charge in [-0.2, -0.15) is 0 Å². The molecule has 2 aliphatic heterocycles. The highest BCUT2D eigenvalue weighted by molar-refractivity contribution is 6.01. The van der Waals surface area contributed by atoms with E-state index in [-0.39, 0.29) is 30.1 Å². The molecular formula is C17H23ClFN3O2. The molecule has 1 N–H and O–H groups in total. The van der Waals surface area contributed by atoms with Crippen LogP contribution in [0.15, 0.2) is 24.3 Å². The van der Waals surface area contributed by atoms with E-state index in [4.69, 9.17) is 0 Å². The Labute approximate surface area is 147 Å². The van der Waals surface area contributed by atoms with Gasteiger partial charge < -0.3 is 15.1 Å². The fourth-order valence-corrected chi connectivity index (χ4v) is 3.44. The first-order valence-electron chi connectivity index (χ1n) is 8.13. The highest BCUT2D eigenvalue weighted by atomic mass is 35.5. The van der Waals surface area contributed by atoms with Gasteiger partial charge in [-0.1, -0.05) is 12.1 Å². The maximum atomic E-state index is 13.9. The van der Waals surface area contributed by atoms with Gasteiger partial charge in [0.1, 0.15) is 11.9 Å². The third-order valence-corrected chi connectivity index (χ3v) is 4.78. The summed E-state index contributed by atoms with van der Waals surface area (Å²) in [4.78, 5) is 28.2. The molecule has 0 aliphatic carbocycles. The molecule has 2 atom stereocenters. The number of hydrogen-bond acceptors (Lipinski definition) is 3. The Bertz CT molecular complexity index is 607. The molecule has 7 heteroatoms. The molecule has 2 saturated heterocycles. The minimum atomic E-state index is -0.496. The van der Waals surface area contributed by atoms with Crippen molar-refractivity contribution in [3.63, 3.8) is 0 Å². The van der Waals surface area contributed by atoms with Crippen LogP contribution < -0.4 is 10.2 Å². The Morgan fingerprint density at radius 1 is 1.33 bits per heavy atom. The van der Waals surface area contributed by atoms with Crippen molar-refractivity contribution in [3.8, 4) is 0 Å². The van der Waals surface area contributed by atoms with E-state index >= 15 is 0 Å². The van der Waals surface area contributed by atoms with Gasteiger partial charge in [-0.25, -0.2) is 4.39 Å². The maximum Gasteiger partial charge on any atom is 0.249 e. The van der Waals surface area contributed by atoms with Crippen LogP contribution in [-0.2, 0) is 9.59 Å². The molecule has 1 aromatic carbocycles.